The van der Waals surface area contributed by atoms with E-state index in [-0.39, 0.29) is 6.61 Å². The number of hydrogen-bond acceptors (Lipinski definition) is 5. The lowest BCUT2D eigenvalue weighted by Gasteiger charge is -2.16. The molecule has 1 heterocycles. The van der Waals surface area contributed by atoms with Gasteiger partial charge in [-0.25, -0.2) is 9.78 Å². The number of fused-ring (bicyclic) bond motifs is 1. The van der Waals surface area contributed by atoms with Gasteiger partial charge in [0.2, 0.25) is 0 Å². The predicted molar refractivity (Wildman–Crippen MR) is 130 cm³/mol. The van der Waals surface area contributed by atoms with Crippen LogP contribution in [0.4, 0.5) is 0 Å². The zero-order chi connectivity index (χ0) is 22.5. The van der Waals surface area contributed by atoms with Gasteiger partial charge in [-0.15, -0.1) is 11.8 Å². The number of hydrogen-bond donors (Lipinski definition) is 0. The van der Waals surface area contributed by atoms with Crippen LogP contribution in [0.3, 0.4) is 0 Å². The molecule has 32 heavy (non-hydrogen) atoms. The summed E-state index contributed by atoms with van der Waals surface area (Å²) in [4.78, 5) is 17.6. The Balaban J connectivity index is 1.76. The third-order valence-electron chi connectivity index (χ3n) is 5.12. The van der Waals surface area contributed by atoms with Crippen LogP contribution in [-0.2, 0) is 17.1 Å². The highest BCUT2D eigenvalue weighted by molar-refractivity contribution is 7.98. The molecule has 162 valence electrons. The molecular weight excluding hydrogens is 442 g/mol. The lowest BCUT2D eigenvalue weighted by Crippen LogP contribution is -2.10. The maximum atomic E-state index is 12.9. The summed E-state index contributed by atoms with van der Waals surface area (Å²) in [5.74, 6) is 0.685. The van der Waals surface area contributed by atoms with Gasteiger partial charge in [-0.2, -0.15) is 0 Å². The van der Waals surface area contributed by atoms with E-state index in [9.17, 15) is 4.79 Å². The largest absolute Gasteiger partial charge is 0.487 e. The minimum absolute atomic E-state index is 0.289. The van der Waals surface area contributed by atoms with E-state index in [1.54, 1.807) is 0 Å². The van der Waals surface area contributed by atoms with Crippen LogP contribution in [0.15, 0.2) is 77.8 Å². The monoisotopic (exact) mass is 463 g/mol. The number of benzene rings is 3. The summed E-state index contributed by atoms with van der Waals surface area (Å²) >= 11 is 7.50. The zero-order valence-electron chi connectivity index (χ0n) is 17.8. The second-order valence-corrected chi connectivity index (χ2v) is 8.66. The number of ether oxygens (including phenoxy) is 2. The van der Waals surface area contributed by atoms with Gasteiger partial charge in [0.25, 0.3) is 0 Å². The number of carbonyl (C=O) groups is 1. The summed E-state index contributed by atoms with van der Waals surface area (Å²) < 4.78 is 11.3. The molecule has 0 fully saturated rings. The SMILES string of the molecule is COC(=O)c1c(SCc2ccccc2C)nc2ccccc2c1OCc1ccc(Cl)cc1. The molecule has 0 atom stereocenters. The van der Waals surface area contributed by atoms with E-state index in [0.29, 0.717) is 27.1 Å². The second-order valence-electron chi connectivity index (χ2n) is 7.26. The van der Waals surface area contributed by atoms with Gasteiger partial charge < -0.3 is 9.47 Å². The van der Waals surface area contributed by atoms with Crippen molar-refractivity contribution in [1.29, 1.82) is 0 Å². The Morgan fingerprint density at radius 3 is 2.47 bits per heavy atom. The van der Waals surface area contributed by atoms with Crippen molar-refractivity contribution in [2.24, 2.45) is 0 Å². The number of esters is 1. The molecule has 0 saturated carbocycles. The number of aryl methyl sites for hydroxylation is 1. The molecule has 1 aromatic heterocycles. The molecule has 0 bridgehead atoms. The van der Waals surface area contributed by atoms with Gasteiger partial charge in [0.1, 0.15) is 22.9 Å². The van der Waals surface area contributed by atoms with Crippen LogP contribution in [-0.4, -0.2) is 18.1 Å². The summed E-state index contributed by atoms with van der Waals surface area (Å²) in [5.41, 5.74) is 4.43. The Morgan fingerprint density at radius 2 is 1.72 bits per heavy atom. The first kappa shape index (κ1) is 22.2. The van der Waals surface area contributed by atoms with E-state index in [4.69, 9.17) is 26.1 Å². The number of nitrogens with zero attached hydrogens (tertiary/aromatic N) is 1. The fourth-order valence-corrected chi connectivity index (χ4v) is 4.58. The Labute approximate surface area is 196 Å². The maximum absolute atomic E-state index is 12.9. The van der Waals surface area contributed by atoms with Gasteiger partial charge in [-0.3, -0.25) is 0 Å². The van der Waals surface area contributed by atoms with Crippen molar-refractivity contribution in [3.63, 3.8) is 0 Å². The summed E-state index contributed by atoms with van der Waals surface area (Å²) in [6, 6.07) is 23.3. The number of para-hydroxylation sites is 1. The van der Waals surface area contributed by atoms with Crippen LogP contribution in [0.1, 0.15) is 27.0 Å². The first-order valence-electron chi connectivity index (χ1n) is 10.1. The van der Waals surface area contributed by atoms with E-state index < -0.39 is 5.97 Å². The molecule has 3 aromatic carbocycles. The number of methoxy groups -OCH3 is 1. The zero-order valence-corrected chi connectivity index (χ0v) is 19.4. The van der Waals surface area contributed by atoms with Crippen molar-refractivity contribution in [3.05, 3.63) is 100 Å². The van der Waals surface area contributed by atoms with E-state index in [0.717, 1.165) is 16.5 Å². The topological polar surface area (TPSA) is 48.4 Å². The van der Waals surface area contributed by atoms with Gasteiger partial charge in [-0.05, 0) is 47.9 Å². The molecule has 4 rings (SSSR count). The third kappa shape index (κ3) is 4.90. The van der Waals surface area contributed by atoms with Crippen LogP contribution in [0.5, 0.6) is 5.75 Å². The van der Waals surface area contributed by atoms with Crippen LogP contribution < -0.4 is 4.74 Å². The van der Waals surface area contributed by atoms with Gasteiger partial charge in [0.15, 0.2) is 0 Å². The summed E-state index contributed by atoms with van der Waals surface area (Å²) in [6.07, 6.45) is 0. The fourth-order valence-electron chi connectivity index (χ4n) is 3.35. The molecule has 4 nitrogen and oxygen atoms in total. The normalized spacial score (nSPS) is 10.8. The van der Waals surface area contributed by atoms with Crippen LogP contribution in [0.2, 0.25) is 5.02 Å². The minimum Gasteiger partial charge on any atom is -0.487 e. The van der Waals surface area contributed by atoms with E-state index >= 15 is 0 Å². The molecule has 6 heteroatoms. The Hall–Kier alpha value is -3.02. The van der Waals surface area contributed by atoms with Gasteiger partial charge in [-0.1, -0.05) is 60.1 Å². The first-order valence-corrected chi connectivity index (χ1v) is 11.5. The van der Waals surface area contributed by atoms with Crippen LogP contribution in [0.25, 0.3) is 10.9 Å². The molecule has 0 N–H and O–H groups in total. The lowest BCUT2D eigenvalue weighted by atomic mass is 10.1. The molecule has 0 amide bonds. The lowest BCUT2D eigenvalue weighted by molar-refractivity contribution is 0.0590. The third-order valence-corrected chi connectivity index (χ3v) is 6.40. The number of aromatic nitrogens is 1. The van der Waals surface area contributed by atoms with Crippen molar-refractivity contribution in [3.8, 4) is 5.75 Å². The molecule has 0 spiro atoms. The average Bonchev–Trinajstić information content (AvgIpc) is 2.82. The highest BCUT2D eigenvalue weighted by atomic mass is 35.5. The van der Waals surface area contributed by atoms with E-state index in [1.807, 2.05) is 60.7 Å². The van der Waals surface area contributed by atoms with Crippen molar-refractivity contribution in [1.82, 2.24) is 4.98 Å². The highest BCUT2D eigenvalue weighted by Gasteiger charge is 2.24. The molecule has 0 aliphatic rings. The molecule has 0 radical (unpaired) electrons. The number of halogens is 1. The highest BCUT2D eigenvalue weighted by Crippen LogP contribution is 2.37. The Kier molecular flexibility index (Phi) is 6.98. The minimum atomic E-state index is -0.471. The Bertz CT molecular complexity index is 1260. The van der Waals surface area contributed by atoms with Crippen molar-refractivity contribution in [2.75, 3.05) is 7.11 Å². The van der Waals surface area contributed by atoms with Gasteiger partial charge in [0, 0.05) is 16.2 Å². The Morgan fingerprint density at radius 1 is 1.00 bits per heavy atom. The van der Waals surface area contributed by atoms with Gasteiger partial charge >= 0.3 is 5.97 Å². The van der Waals surface area contributed by atoms with Crippen molar-refractivity contribution < 1.29 is 14.3 Å². The number of pyridine rings is 1. The number of thioether (sulfide) groups is 1. The second kappa shape index (κ2) is 10.1. The molecule has 4 aromatic rings. The van der Waals surface area contributed by atoms with Crippen molar-refractivity contribution in [2.45, 2.75) is 24.3 Å². The summed E-state index contributed by atoms with van der Waals surface area (Å²) in [5, 5.41) is 2.01. The summed E-state index contributed by atoms with van der Waals surface area (Å²) in [7, 11) is 1.37. The standard InChI is InChI=1S/C26H22ClNO3S/c1-17-7-3-4-8-19(17)16-32-25-23(26(29)30-2)24(21-9-5-6-10-22(21)28-25)31-15-18-11-13-20(27)14-12-18/h3-14H,15-16H2,1-2H3. The van der Waals surface area contributed by atoms with Crippen molar-refractivity contribution >= 4 is 40.2 Å². The maximum Gasteiger partial charge on any atom is 0.344 e. The number of rotatable bonds is 7. The van der Waals surface area contributed by atoms with Crippen LogP contribution in [0, 0.1) is 6.92 Å². The average molecular weight is 464 g/mol. The van der Waals surface area contributed by atoms with Crippen LogP contribution >= 0.6 is 23.4 Å². The fraction of sp³-hybridized carbons (Fsp3) is 0.154. The molecular formula is C26H22ClNO3S. The smallest absolute Gasteiger partial charge is 0.344 e. The summed E-state index contributed by atoms with van der Waals surface area (Å²) in [6.45, 7) is 2.36. The number of carbonyl (C=O) groups excluding carboxylic acids is 1. The molecule has 0 saturated heterocycles. The van der Waals surface area contributed by atoms with E-state index in [2.05, 4.69) is 19.1 Å². The van der Waals surface area contributed by atoms with E-state index in [1.165, 1.54) is 30.0 Å². The molecule has 0 aliphatic heterocycles. The quantitative estimate of drug-likeness (QED) is 0.221. The molecule has 0 aliphatic carbocycles. The molecule has 0 unspecified atom stereocenters. The van der Waals surface area contributed by atoms with Gasteiger partial charge in [0.05, 0.1) is 12.6 Å². The first-order chi connectivity index (χ1) is 15.6. The predicted octanol–water partition coefficient (Wildman–Crippen LogP) is 6.85.